The third kappa shape index (κ3) is 3.68. The van der Waals surface area contributed by atoms with Crippen molar-refractivity contribution in [3.63, 3.8) is 0 Å². The standard InChI is InChI=1S/C16H24N4/c1-16(2,19(3)4)13-17-12-14-10-11-20(18-14)15-8-6-5-7-9-15/h5-11,17H,12-13H2,1-4H3. The van der Waals surface area contributed by atoms with Crippen molar-refractivity contribution in [1.29, 1.82) is 0 Å². The summed E-state index contributed by atoms with van der Waals surface area (Å²) < 4.78 is 1.91. The van der Waals surface area contributed by atoms with Crippen molar-refractivity contribution in [2.45, 2.75) is 25.9 Å². The second-order valence-electron chi connectivity index (χ2n) is 5.90. The number of nitrogens with zero attached hydrogens (tertiary/aromatic N) is 3. The lowest BCUT2D eigenvalue weighted by atomic mass is 10.0. The van der Waals surface area contributed by atoms with Crippen molar-refractivity contribution >= 4 is 0 Å². The molecule has 0 unspecified atom stereocenters. The van der Waals surface area contributed by atoms with Crippen LogP contribution in [0, 0.1) is 0 Å². The van der Waals surface area contributed by atoms with Crippen LogP contribution in [-0.2, 0) is 6.54 Å². The van der Waals surface area contributed by atoms with Crippen LogP contribution in [0.4, 0.5) is 0 Å². The zero-order valence-corrected chi connectivity index (χ0v) is 12.8. The predicted octanol–water partition coefficient (Wildman–Crippen LogP) is 2.30. The molecule has 1 heterocycles. The van der Waals surface area contributed by atoms with E-state index in [9.17, 15) is 0 Å². The fraction of sp³-hybridized carbons (Fsp3) is 0.438. The molecule has 0 fully saturated rings. The van der Waals surface area contributed by atoms with E-state index in [1.807, 2.05) is 29.1 Å². The topological polar surface area (TPSA) is 33.1 Å². The van der Waals surface area contributed by atoms with Gasteiger partial charge < -0.3 is 10.2 Å². The van der Waals surface area contributed by atoms with E-state index in [0.717, 1.165) is 24.5 Å². The van der Waals surface area contributed by atoms with Crippen LogP contribution in [0.25, 0.3) is 5.69 Å². The van der Waals surface area contributed by atoms with Gasteiger partial charge in [0.2, 0.25) is 0 Å². The first-order valence-corrected chi connectivity index (χ1v) is 6.97. The van der Waals surface area contributed by atoms with Gasteiger partial charge in [0.15, 0.2) is 0 Å². The van der Waals surface area contributed by atoms with Crippen LogP contribution in [0.2, 0.25) is 0 Å². The Morgan fingerprint density at radius 2 is 1.85 bits per heavy atom. The molecule has 2 rings (SSSR count). The molecule has 0 aliphatic heterocycles. The van der Waals surface area contributed by atoms with Gasteiger partial charge in [-0.25, -0.2) is 4.68 Å². The van der Waals surface area contributed by atoms with Crippen LogP contribution < -0.4 is 5.32 Å². The molecule has 0 aliphatic carbocycles. The molecule has 0 saturated heterocycles. The molecule has 0 bridgehead atoms. The third-order valence-electron chi connectivity index (χ3n) is 3.74. The summed E-state index contributed by atoms with van der Waals surface area (Å²) in [5, 5.41) is 8.06. The molecule has 0 radical (unpaired) electrons. The molecule has 0 saturated carbocycles. The van der Waals surface area contributed by atoms with E-state index in [0.29, 0.717) is 0 Å². The predicted molar refractivity (Wildman–Crippen MR) is 83.0 cm³/mol. The normalized spacial score (nSPS) is 12.1. The number of hydrogen-bond acceptors (Lipinski definition) is 3. The van der Waals surface area contributed by atoms with Crippen LogP contribution in [0.1, 0.15) is 19.5 Å². The average Bonchev–Trinajstić information content (AvgIpc) is 2.88. The Hall–Kier alpha value is -1.65. The van der Waals surface area contributed by atoms with Gasteiger partial charge in [-0.15, -0.1) is 0 Å². The molecule has 4 heteroatoms. The zero-order valence-electron chi connectivity index (χ0n) is 12.8. The molecule has 0 atom stereocenters. The summed E-state index contributed by atoms with van der Waals surface area (Å²) in [6.45, 7) is 6.17. The first kappa shape index (κ1) is 14.8. The van der Waals surface area contributed by atoms with Gasteiger partial charge in [0, 0.05) is 24.8 Å². The van der Waals surface area contributed by atoms with E-state index in [1.54, 1.807) is 0 Å². The summed E-state index contributed by atoms with van der Waals surface area (Å²) in [5.74, 6) is 0. The van der Waals surface area contributed by atoms with Gasteiger partial charge in [-0.1, -0.05) is 18.2 Å². The Morgan fingerprint density at radius 1 is 1.15 bits per heavy atom. The van der Waals surface area contributed by atoms with Gasteiger partial charge in [-0.05, 0) is 46.1 Å². The van der Waals surface area contributed by atoms with E-state index in [1.165, 1.54) is 0 Å². The number of aromatic nitrogens is 2. The molecule has 1 aromatic carbocycles. The summed E-state index contributed by atoms with van der Waals surface area (Å²) in [6, 6.07) is 12.2. The second kappa shape index (κ2) is 6.20. The quantitative estimate of drug-likeness (QED) is 0.876. The van der Waals surface area contributed by atoms with Gasteiger partial charge in [0.25, 0.3) is 0 Å². The second-order valence-corrected chi connectivity index (χ2v) is 5.90. The molecule has 1 aromatic heterocycles. The summed E-state index contributed by atoms with van der Waals surface area (Å²) in [4.78, 5) is 2.22. The van der Waals surface area contributed by atoms with Gasteiger partial charge in [-0.3, -0.25) is 0 Å². The molecule has 0 amide bonds. The van der Waals surface area contributed by atoms with Crippen LogP contribution >= 0.6 is 0 Å². The number of benzene rings is 1. The first-order valence-electron chi connectivity index (χ1n) is 6.97. The highest BCUT2D eigenvalue weighted by molar-refractivity contribution is 5.30. The largest absolute Gasteiger partial charge is 0.309 e. The lowest BCUT2D eigenvalue weighted by Crippen LogP contribution is -2.46. The molecule has 4 nitrogen and oxygen atoms in total. The lowest BCUT2D eigenvalue weighted by molar-refractivity contribution is 0.189. The van der Waals surface area contributed by atoms with E-state index in [-0.39, 0.29) is 5.54 Å². The molecule has 1 N–H and O–H groups in total. The van der Waals surface area contributed by atoms with Crippen LogP contribution in [0.3, 0.4) is 0 Å². The highest BCUT2D eigenvalue weighted by atomic mass is 15.3. The Balaban J connectivity index is 1.91. The van der Waals surface area contributed by atoms with Gasteiger partial charge in [-0.2, -0.15) is 5.10 Å². The van der Waals surface area contributed by atoms with Crippen LogP contribution in [0.5, 0.6) is 0 Å². The molecule has 2 aromatic rings. The average molecular weight is 272 g/mol. The summed E-state index contributed by atoms with van der Waals surface area (Å²) in [6.07, 6.45) is 2.00. The number of hydrogen-bond donors (Lipinski definition) is 1. The highest BCUT2D eigenvalue weighted by Crippen LogP contribution is 2.09. The maximum Gasteiger partial charge on any atom is 0.0766 e. The fourth-order valence-electron chi connectivity index (χ4n) is 1.84. The Morgan fingerprint density at radius 3 is 2.50 bits per heavy atom. The minimum atomic E-state index is 0.141. The maximum absolute atomic E-state index is 4.59. The van der Waals surface area contributed by atoms with E-state index >= 15 is 0 Å². The van der Waals surface area contributed by atoms with Crippen molar-refractivity contribution in [1.82, 2.24) is 20.0 Å². The Bertz CT molecular complexity index is 528. The fourth-order valence-corrected chi connectivity index (χ4v) is 1.84. The summed E-state index contributed by atoms with van der Waals surface area (Å²) >= 11 is 0. The Labute approximate surface area is 121 Å². The van der Waals surface area contributed by atoms with Crippen molar-refractivity contribution in [2.24, 2.45) is 0 Å². The molecular formula is C16H24N4. The zero-order chi connectivity index (χ0) is 14.6. The van der Waals surface area contributed by atoms with Gasteiger partial charge in [0.05, 0.1) is 11.4 Å². The molecule has 20 heavy (non-hydrogen) atoms. The van der Waals surface area contributed by atoms with Crippen molar-refractivity contribution < 1.29 is 0 Å². The third-order valence-corrected chi connectivity index (χ3v) is 3.74. The number of para-hydroxylation sites is 1. The highest BCUT2D eigenvalue weighted by Gasteiger charge is 2.19. The smallest absolute Gasteiger partial charge is 0.0766 e. The SMILES string of the molecule is CN(C)C(C)(C)CNCc1ccn(-c2ccccc2)n1. The van der Waals surface area contributed by atoms with E-state index in [4.69, 9.17) is 0 Å². The van der Waals surface area contributed by atoms with Crippen LogP contribution in [0.15, 0.2) is 42.6 Å². The summed E-state index contributed by atoms with van der Waals surface area (Å²) in [5.41, 5.74) is 2.29. The monoisotopic (exact) mass is 272 g/mol. The summed E-state index contributed by atoms with van der Waals surface area (Å²) in [7, 11) is 4.21. The lowest BCUT2D eigenvalue weighted by Gasteiger charge is -2.32. The first-order chi connectivity index (χ1) is 9.49. The minimum absolute atomic E-state index is 0.141. The molecule has 0 spiro atoms. The minimum Gasteiger partial charge on any atom is -0.309 e. The van der Waals surface area contributed by atoms with Crippen molar-refractivity contribution in [3.8, 4) is 5.69 Å². The number of nitrogens with one attached hydrogen (secondary N) is 1. The maximum atomic E-state index is 4.59. The van der Waals surface area contributed by atoms with E-state index in [2.05, 4.69) is 61.5 Å². The molecule has 108 valence electrons. The van der Waals surface area contributed by atoms with Crippen molar-refractivity contribution in [3.05, 3.63) is 48.3 Å². The number of rotatable bonds is 6. The molecule has 0 aliphatic rings. The molecular weight excluding hydrogens is 248 g/mol. The Kier molecular flexibility index (Phi) is 4.57. The van der Waals surface area contributed by atoms with E-state index < -0.39 is 0 Å². The number of likely N-dealkylation sites (N-methyl/N-ethyl adjacent to an activating group) is 1. The van der Waals surface area contributed by atoms with Gasteiger partial charge in [0.1, 0.15) is 0 Å². The van der Waals surface area contributed by atoms with Crippen molar-refractivity contribution in [2.75, 3.05) is 20.6 Å². The van der Waals surface area contributed by atoms with Gasteiger partial charge >= 0.3 is 0 Å². The van der Waals surface area contributed by atoms with Crippen LogP contribution in [-0.4, -0.2) is 40.9 Å².